The number of methoxy groups -OCH3 is 1. The van der Waals surface area contributed by atoms with E-state index < -0.39 is 30.6 Å². The molecule has 0 atom stereocenters. The van der Waals surface area contributed by atoms with Crippen LogP contribution in [0.3, 0.4) is 0 Å². The molecule has 0 heterocycles. The molecule has 0 saturated carbocycles. The fourth-order valence-electron chi connectivity index (χ4n) is 2.27. The van der Waals surface area contributed by atoms with Crippen LogP contribution in [0, 0.1) is 0 Å². The first kappa shape index (κ1) is 23.3. The Hall–Kier alpha value is -2.95. The summed E-state index contributed by atoms with van der Waals surface area (Å²) in [7, 11) is 1.41. The van der Waals surface area contributed by atoms with Crippen molar-refractivity contribution in [2.24, 2.45) is 0 Å². The number of rotatable bonds is 8. The number of carbonyl (C=O) groups excluding carboxylic acids is 2. The number of esters is 1. The van der Waals surface area contributed by atoms with E-state index in [2.05, 4.69) is 26.0 Å². The summed E-state index contributed by atoms with van der Waals surface area (Å²) in [6, 6.07) is 7.39. The maximum Gasteiger partial charge on any atom is 0.573 e. The average molecular weight is 492 g/mol. The molecule has 0 aromatic heterocycles. The number of amides is 1. The average Bonchev–Trinajstić information content (AvgIpc) is 2.68. The Morgan fingerprint density at radius 1 is 1.13 bits per heavy atom. The highest BCUT2D eigenvalue weighted by molar-refractivity contribution is 9.10. The Morgan fingerprint density at radius 2 is 1.80 bits per heavy atom. The molecule has 2 rings (SSSR count). The summed E-state index contributed by atoms with van der Waals surface area (Å²) in [5, 5.41) is 2.39. The second kappa shape index (κ2) is 10.2. The molecule has 1 N–H and O–H groups in total. The van der Waals surface area contributed by atoms with Crippen molar-refractivity contribution in [1.82, 2.24) is 0 Å². The van der Waals surface area contributed by atoms with Crippen molar-refractivity contribution < 1.29 is 41.7 Å². The minimum atomic E-state index is -4.81. The lowest BCUT2D eigenvalue weighted by atomic mass is 10.2. The minimum Gasteiger partial charge on any atom is -0.493 e. The molecule has 0 radical (unpaired) electrons. The molecule has 162 valence electrons. The van der Waals surface area contributed by atoms with Crippen LogP contribution in [0.25, 0.3) is 0 Å². The van der Waals surface area contributed by atoms with Crippen LogP contribution in [0.15, 0.2) is 40.9 Å². The summed E-state index contributed by atoms with van der Waals surface area (Å²) in [5.74, 6) is -1.15. The van der Waals surface area contributed by atoms with Crippen LogP contribution in [0.5, 0.6) is 17.2 Å². The van der Waals surface area contributed by atoms with Crippen molar-refractivity contribution in [3.63, 3.8) is 0 Å². The van der Waals surface area contributed by atoms with Gasteiger partial charge >= 0.3 is 12.3 Å². The van der Waals surface area contributed by atoms with Crippen LogP contribution in [0.2, 0.25) is 0 Å². The minimum absolute atomic E-state index is 0.128. The molecular formula is C19H17BrF3NO6. The summed E-state index contributed by atoms with van der Waals surface area (Å²) in [6.07, 6.45) is -4.81. The number of alkyl halides is 3. The second-order valence-electron chi connectivity index (χ2n) is 5.62. The van der Waals surface area contributed by atoms with E-state index in [1.165, 1.54) is 31.4 Å². The number of benzene rings is 2. The molecule has 0 fully saturated rings. The van der Waals surface area contributed by atoms with Gasteiger partial charge in [-0.15, -0.1) is 13.2 Å². The van der Waals surface area contributed by atoms with Gasteiger partial charge in [-0.25, -0.2) is 4.79 Å². The van der Waals surface area contributed by atoms with E-state index in [-0.39, 0.29) is 11.3 Å². The number of carbonyl (C=O) groups is 2. The van der Waals surface area contributed by atoms with E-state index in [4.69, 9.17) is 14.2 Å². The molecule has 0 spiro atoms. The normalized spacial score (nSPS) is 10.9. The molecule has 7 nitrogen and oxygen atoms in total. The quantitative estimate of drug-likeness (QED) is 0.545. The van der Waals surface area contributed by atoms with Crippen LogP contribution in [0.4, 0.5) is 18.9 Å². The molecule has 11 heteroatoms. The van der Waals surface area contributed by atoms with Crippen LogP contribution >= 0.6 is 15.9 Å². The molecule has 0 unspecified atom stereocenters. The zero-order valence-electron chi connectivity index (χ0n) is 15.8. The zero-order valence-corrected chi connectivity index (χ0v) is 17.4. The highest BCUT2D eigenvalue weighted by Gasteiger charge is 2.31. The molecule has 0 saturated heterocycles. The number of ether oxygens (including phenoxy) is 4. The lowest BCUT2D eigenvalue weighted by Gasteiger charge is -2.13. The van der Waals surface area contributed by atoms with Crippen LogP contribution in [0.1, 0.15) is 17.3 Å². The Balaban J connectivity index is 1.94. The number of hydrogen-bond acceptors (Lipinski definition) is 6. The molecule has 1 amide bonds. The van der Waals surface area contributed by atoms with Gasteiger partial charge in [0, 0.05) is 5.69 Å². The predicted molar refractivity (Wildman–Crippen MR) is 104 cm³/mol. The van der Waals surface area contributed by atoms with Gasteiger partial charge in [-0.2, -0.15) is 0 Å². The zero-order chi connectivity index (χ0) is 22.3. The maximum absolute atomic E-state index is 12.2. The van der Waals surface area contributed by atoms with Gasteiger partial charge in [0.1, 0.15) is 5.75 Å². The number of nitrogens with one attached hydrogen (secondary N) is 1. The smallest absolute Gasteiger partial charge is 0.493 e. The van der Waals surface area contributed by atoms with E-state index in [0.29, 0.717) is 22.6 Å². The molecule has 0 aliphatic rings. The van der Waals surface area contributed by atoms with Crippen LogP contribution in [-0.2, 0) is 9.53 Å². The maximum atomic E-state index is 12.2. The van der Waals surface area contributed by atoms with Gasteiger partial charge in [0.05, 0.1) is 23.8 Å². The molecule has 2 aromatic rings. The van der Waals surface area contributed by atoms with Gasteiger partial charge in [-0.05, 0) is 59.3 Å². The Kier molecular flexibility index (Phi) is 7.93. The first-order chi connectivity index (χ1) is 14.1. The SMILES string of the molecule is CCOc1c(Br)cc(C(=O)OCC(=O)Nc2ccc(OC(F)(F)F)cc2)cc1OC. The first-order valence-corrected chi connectivity index (χ1v) is 9.25. The summed E-state index contributed by atoms with van der Waals surface area (Å²) in [6.45, 7) is 1.58. The van der Waals surface area contributed by atoms with Crippen LogP contribution in [-0.4, -0.2) is 38.6 Å². The third-order valence-electron chi connectivity index (χ3n) is 3.46. The van der Waals surface area contributed by atoms with Gasteiger partial charge in [-0.3, -0.25) is 4.79 Å². The van der Waals surface area contributed by atoms with Crippen molar-refractivity contribution in [3.05, 3.63) is 46.4 Å². The fraction of sp³-hybridized carbons (Fsp3) is 0.263. The van der Waals surface area contributed by atoms with Gasteiger partial charge in [0.15, 0.2) is 18.1 Å². The lowest BCUT2D eigenvalue weighted by molar-refractivity contribution is -0.274. The number of hydrogen-bond donors (Lipinski definition) is 1. The van der Waals surface area contributed by atoms with Crippen molar-refractivity contribution in [1.29, 1.82) is 0 Å². The molecule has 0 bridgehead atoms. The van der Waals surface area contributed by atoms with Crippen molar-refractivity contribution in [3.8, 4) is 17.2 Å². The summed E-state index contributed by atoms with van der Waals surface area (Å²) in [4.78, 5) is 24.2. The molecule has 2 aromatic carbocycles. The van der Waals surface area contributed by atoms with Gasteiger partial charge in [0.25, 0.3) is 5.91 Å². The van der Waals surface area contributed by atoms with Crippen molar-refractivity contribution in [2.45, 2.75) is 13.3 Å². The Morgan fingerprint density at radius 3 is 2.37 bits per heavy atom. The van der Waals surface area contributed by atoms with Gasteiger partial charge < -0.3 is 24.3 Å². The number of anilines is 1. The van der Waals surface area contributed by atoms with Crippen LogP contribution < -0.4 is 19.5 Å². The topological polar surface area (TPSA) is 83.1 Å². The third-order valence-corrected chi connectivity index (χ3v) is 4.05. The standard InChI is InChI=1S/C19H17BrF3NO6/c1-3-28-17-14(20)8-11(9-15(17)27-2)18(26)29-10-16(25)24-12-4-6-13(7-5-12)30-19(21,22)23/h4-9H,3,10H2,1-2H3,(H,24,25). The predicted octanol–water partition coefficient (Wildman–Crippen LogP) is 4.55. The van der Waals surface area contributed by atoms with Gasteiger partial charge in [-0.1, -0.05) is 0 Å². The first-order valence-electron chi connectivity index (χ1n) is 8.46. The van der Waals surface area contributed by atoms with E-state index in [1.807, 2.05) is 0 Å². The largest absolute Gasteiger partial charge is 0.573 e. The third kappa shape index (κ3) is 6.83. The molecule has 0 aliphatic carbocycles. The van der Waals surface area contributed by atoms with Crippen molar-refractivity contribution in [2.75, 3.05) is 25.6 Å². The fourth-order valence-corrected chi connectivity index (χ4v) is 2.83. The van der Waals surface area contributed by atoms with E-state index in [9.17, 15) is 22.8 Å². The monoisotopic (exact) mass is 491 g/mol. The highest BCUT2D eigenvalue weighted by atomic mass is 79.9. The van der Waals surface area contributed by atoms with E-state index in [0.717, 1.165) is 12.1 Å². The Labute approximate surface area is 178 Å². The number of halogens is 4. The van der Waals surface area contributed by atoms with E-state index in [1.54, 1.807) is 6.92 Å². The summed E-state index contributed by atoms with van der Waals surface area (Å²) in [5.41, 5.74) is 0.333. The van der Waals surface area contributed by atoms with Crippen molar-refractivity contribution >= 4 is 33.5 Å². The van der Waals surface area contributed by atoms with E-state index >= 15 is 0 Å². The molecule has 30 heavy (non-hydrogen) atoms. The highest BCUT2D eigenvalue weighted by Crippen LogP contribution is 2.36. The summed E-state index contributed by atoms with van der Waals surface area (Å²) >= 11 is 3.28. The second-order valence-corrected chi connectivity index (χ2v) is 6.47. The van der Waals surface area contributed by atoms with Gasteiger partial charge in [0.2, 0.25) is 0 Å². The molecular weight excluding hydrogens is 475 g/mol. The molecule has 0 aliphatic heterocycles. The summed E-state index contributed by atoms with van der Waals surface area (Å²) < 4.78 is 56.2. The Bertz CT molecular complexity index is 902. The lowest BCUT2D eigenvalue weighted by Crippen LogP contribution is -2.21.